The third kappa shape index (κ3) is 6.65. The summed E-state index contributed by atoms with van der Waals surface area (Å²) < 4.78 is 1.57. The Hall–Kier alpha value is -2.46. The van der Waals surface area contributed by atoms with Gasteiger partial charge in [0.25, 0.3) is 0 Å². The van der Waals surface area contributed by atoms with Crippen LogP contribution in [0.2, 0.25) is 0 Å². The SMILES string of the molecule is Cl.NC1CCC(N(CC2CC2)C2CCc3cc(-n4ccc(NC(=O)N5CCNCC5)nc4=O)ccc3C2)CC1. The average molecular weight is 556 g/mol. The van der Waals surface area contributed by atoms with Crippen LogP contribution in [0.1, 0.15) is 56.1 Å². The van der Waals surface area contributed by atoms with E-state index in [1.807, 2.05) is 6.07 Å². The number of nitrogens with two attached hydrogens (primary N) is 1. The minimum absolute atomic E-state index is 0. The van der Waals surface area contributed by atoms with Gasteiger partial charge in [-0.05, 0) is 93.0 Å². The predicted octanol–water partition coefficient (Wildman–Crippen LogP) is 2.93. The summed E-state index contributed by atoms with van der Waals surface area (Å²) in [6.07, 6.45) is 12.5. The third-order valence-corrected chi connectivity index (χ3v) is 8.96. The maximum Gasteiger partial charge on any atom is 0.354 e. The highest BCUT2D eigenvalue weighted by Crippen LogP contribution is 2.36. The van der Waals surface area contributed by atoms with Crippen LogP contribution in [0.25, 0.3) is 5.69 Å². The fourth-order valence-corrected chi connectivity index (χ4v) is 6.51. The number of urea groups is 1. The zero-order valence-electron chi connectivity index (χ0n) is 22.7. The van der Waals surface area contributed by atoms with Crippen LogP contribution in [0, 0.1) is 5.92 Å². The second-order valence-corrected chi connectivity index (χ2v) is 11.7. The summed E-state index contributed by atoms with van der Waals surface area (Å²) in [5.41, 5.74) is 9.39. The number of aromatic nitrogens is 2. The molecule has 0 spiro atoms. The molecule has 9 nitrogen and oxygen atoms in total. The molecular weight excluding hydrogens is 514 g/mol. The number of nitrogens with zero attached hydrogens (tertiary/aromatic N) is 4. The van der Waals surface area contributed by atoms with Crippen LogP contribution < -0.4 is 22.1 Å². The number of fused-ring (bicyclic) bond motifs is 1. The Balaban J connectivity index is 0.00000308. The van der Waals surface area contributed by atoms with Gasteiger partial charge < -0.3 is 16.0 Å². The fourth-order valence-electron chi connectivity index (χ4n) is 6.51. The smallest absolute Gasteiger partial charge is 0.328 e. The van der Waals surface area contributed by atoms with E-state index in [-0.39, 0.29) is 29.9 Å². The van der Waals surface area contributed by atoms with Crippen LogP contribution >= 0.6 is 12.4 Å². The van der Waals surface area contributed by atoms with E-state index in [0.29, 0.717) is 31.2 Å². The van der Waals surface area contributed by atoms with Crippen molar-refractivity contribution in [1.29, 1.82) is 0 Å². The molecule has 1 saturated heterocycles. The average Bonchev–Trinajstić information content (AvgIpc) is 3.77. The third-order valence-electron chi connectivity index (χ3n) is 8.96. The molecule has 0 radical (unpaired) electrons. The topological polar surface area (TPSA) is 109 Å². The first kappa shape index (κ1) is 28.1. The van der Waals surface area contributed by atoms with E-state index in [2.05, 4.69) is 32.7 Å². The molecule has 2 heterocycles. The van der Waals surface area contributed by atoms with E-state index in [1.54, 1.807) is 21.7 Å². The van der Waals surface area contributed by atoms with Crippen molar-refractivity contribution in [3.05, 3.63) is 52.1 Å². The Morgan fingerprint density at radius 1 is 1.03 bits per heavy atom. The van der Waals surface area contributed by atoms with E-state index < -0.39 is 0 Å². The molecule has 4 N–H and O–H groups in total. The van der Waals surface area contributed by atoms with Crippen molar-refractivity contribution in [1.82, 2.24) is 24.7 Å². The Kier molecular flexibility index (Phi) is 8.91. The Bertz CT molecular complexity index is 1200. The molecule has 2 amide bonds. The molecule has 2 aromatic rings. The molecule has 4 aliphatic rings. The van der Waals surface area contributed by atoms with Gasteiger partial charge in [0, 0.05) is 57.0 Å². The Morgan fingerprint density at radius 2 is 1.79 bits per heavy atom. The van der Waals surface area contributed by atoms with Gasteiger partial charge in [-0.1, -0.05) is 6.07 Å². The minimum Gasteiger partial charge on any atom is -0.328 e. The van der Waals surface area contributed by atoms with Gasteiger partial charge in [-0.3, -0.25) is 14.8 Å². The second-order valence-electron chi connectivity index (χ2n) is 11.7. The summed E-state index contributed by atoms with van der Waals surface area (Å²) in [5, 5.41) is 5.99. The minimum atomic E-state index is -0.386. The number of carbonyl (C=O) groups is 1. The summed E-state index contributed by atoms with van der Waals surface area (Å²) in [6, 6.07) is 9.53. The van der Waals surface area contributed by atoms with Crippen molar-refractivity contribution in [3.8, 4) is 5.69 Å². The number of piperazine rings is 1. The van der Waals surface area contributed by atoms with Crippen molar-refractivity contribution < 1.29 is 4.79 Å². The molecule has 1 aromatic heterocycles. The largest absolute Gasteiger partial charge is 0.354 e. The molecule has 1 aliphatic heterocycles. The summed E-state index contributed by atoms with van der Waals surface area (Å²) in [5.74, 6) is 1.17. The first-order valence-electron chi connectivity index (χ1n) is 14.5. The van der Waals surface area contributed by atoms with Gasteiger partial charge in [0.05, 0.1) is 5.69 Å². The number of hydrogen-bond acceptors (Lipinski definition) is 6. The Morgan fingerprint density at radius 3 is 2.51 bits per heavy atom. The molecule has 10 heteroatoms. The molecule has 1 unspecified atom stereocenters. The van der Waals surface area contributed by atoms with Crippen LogP contribution in [0.4, 0.5) is 10.6 Å². The highest BCUT2D eigenvalue weighted by Gasteiger charge is 2.35. The van der Waals surface area contributed by atoms with Crippen molar-refractivity contribution >= 4 is 24.3 Å². The molecule has 1 aromatic carbocycles. The summed E-state index contributed by atoms with van der Waals surface area (Å²) >= 11 is 0. The number of rotatable bonds is 6. The molecule has 39 heavy (non-hydrogen) atoms. The van der Waals surface area contributed by atoms with Crippen LogP contribution in [0.5, 0.6) is 0 Å². The lowest BCUT2D eigenvalue weighted by Gasteiger charge is -2.43. The number of nitrogens with one attached hydrogen (secondary N) is 2. The quantitative estimate of drug-likeness (QED) is 0.506. The van der Waals surface area contributed by atoms with E-state index in [0.717, 1.165) is 56.8 Å². The van der Waals surface area contributed by atoms with Gasteiger partial charge in [0.2, 0.25) is 0 Å². The number of aryl methyl sites for hydroxylation is 1. The lowest BCUT2D eigenvalue weighted by Crippen LogP contribution is -2.49. The first-order valence-corrected chi connectivity index (χ1v) is 14.5. The van der Waals surface area contributed by atoms with E-state index in [4.69, 9.17) is 5.73 Å². The van der Waals surface area contributed by atoms with Gasteiger partial charge in [0.1, 0.15) is 5.82 Å². The van der Waals surface area contributed by atoms with Gasteiger partial charge in [-0.2, -0.15) is 4.98 Å². The molecule has 1 atom stereocenters. The number of amides is 2. The summed E-state index contributed by atoms with van der Waals surface area (Å²) in [6.45, 7) is 4.08. The summed E-state index contributed by atoms with van der Waals surface area (Å²) in [4.78, 5) is 34.1. The van der Waals surface area contributed by atoms with Gasteiger partial charge in [-0.25, -0.2) is 9.59 Å². The molecule has 3 aliphatic carbocycles. The predicted molar refractivity (Wildman–Crippen MR) is 156 cm³/mol. The van der Waals surface area contributed by atoms with Crippen LogP contribution in [0.15, 0.2) is 35.3 Å². The fraction of sp³-hybridized carbons (Fsp3) is 0.621. The zero-order chi connectivity index (χ0) is 26.1. The van der Waals surface area contributed by atoms with Gasteiger partial charge in [-0.15, -0.1) is 12.4 Å². The molecular formula is C29H42ClN7O2. The molecule has 212 valence electrons. The van der Waals surface area contributed by atoms with Gasteiger partial charge in [0.15, 0.2) is 0 Å². The number of carbonyl (C=O) groups excluding carboxylic acids is 1. The lowest BCUT2D eigenvalue weighted by atomic mass is 9.84. The van der Waals surface area contributed by atoms with Crippen molar-refractivity contribution in [2.24, 2.45) is 11.7 Å². The highest BCUT2D eigenvalue weighted by molar-refractivity contribution is 5.88. The molecule has 3 fully saturated rings. The number of halogens is 1. The lowest BCUT2D eigenvalue weighted by molar-refractivity contribution is 0.0855. The molecule has 6 rings (SSSR count). The van der Waals surface area contributed by atoms with E-state index in [9.17, 15) is 9.59 Å². The number of anilines is 1. The van der Waals surface area contributed by atoms with Crippen molar-refractivity contribution in [2.75, 3.05) is 38.0 Å². The van der Waals surface area contributed by atoms with Crippen LogP contribution in [-0.4, -0.2) is 76.2 Å². The van der Waals surface area contributed by atoms with E-state index in [1.165, 1.54) is 43.4 Å². The van der Waals surface area contributed by atoms with Crippen molar-refractivity contribution in [2.45, 2.75) is 75.9 Å². The maximum absolute atomic E-state index is 12.9. The maximum atomic E-state index is 12.9. The monoisotopic (exact) mass is 555 g/mol. The molecule has 2 saturated carbocycles. The second kappa shape index (κ2) is 12.4. The highest BCUT2D eigenvalue weighted by atomic mass is 35.5. The van der Waals surface area contributed by atoms with E-state index >= 15 is 0 Å². The first-order chi connectivity index (χ1) is 18.5. The summed E-state index contributed by atoms with van der Waals surface area (Å²) in [7, 11) is 0. The van der Waals surface area contributed by atoms with Gasteiger partial charge >= 0.3 is 11.7 Å². The standard InChI is InChI=1S/C29H41N7O2.ClH/c30-23-5-9-24(10-6-23)36(19-20-1-2-20)26-8-4-21-17-25(7-3-22(21)18-26)35-14-11-27(33-29(35)38)32-28(37)34-15-12-31-13-16-34;/h3,7,11,14,17,20,23-24,26,31H,1-2,4-6,8-10,12-13,15-16,18-19,30H2,(H,32,33,37,38);1H. The van der Waals surface area contributed by atoms with Crippen LogP contribution in [-0.2, 0) is 12.8 Å². The Labute approximate surface area is 236 Å². The molecule has 0 bridgehead atoms. The zero-order valence-corrected chi connectivity index (χ0v) is 23.5. The van der Waals surface area contributed by atoms with Crippen molar-refractivity contribution in [3.63, 3.8) is 0 Å². The number of hydrogen-bond donors (Lipinski definition) is 3. The normalized spacial score (nSPS) is 25.1. The van der Waals surface area contributed by atoms with Crippen LogP contribution in [0.3, 0.4) is 0 Å². The number of benzene rings is 1.